The summed E-state index contributed by atoms with van der Waals surface area (Å²) in [7, 11) is 0. The Bertz CT molecular complexity index is 1080. The number of carbonyl (C=O) groups is 4. The molecule has 1 aliphatic heterocycles. The van der Waals surface area contributed by atoms with Crippen LogP contribution in [0.15, 0.2) is 30.5 Å². The molecule has 34 heavy (non-hydrogen) atoms. The number of ether oxygens (including phenoxy) is 5. The second-order valence-electron chi connectivity index (χ2n) is 7.83. The molecule has 0 amide bonds. The number of aromatic nitrogens is 1. The summed E-state index contributed by atoms with van der Waals surface area (Å²) in [6, 6.07) is 7.18. The second-order valence-corrected chi connectivity index (χ2v) is 7.83. The monoisotopic (exact) mass is 477 g/mol. The molecular weight excluding hydrogens is 450 g/mol. The number of nitrogens with zero attached hydrogens (tertiary/aromatic N) is 1. The number of hydrogen-bond donors (Lipinski definition) is 1. The molecule has 3 rings (SSSR count). The number of hydrogen-bond acceptors (Lipinski definition) is 10. The van der Waals surface area contributed by atoms with E-state index in [0.717, 1.165) is 19.2 Å². The van der Waals surface area contributed by atoms with Crippen LogP contribution in [0.3, 0.4) is 0 Å². The van der Waals surface area contributed by atoms with Crippen molar-refractivity contribution in [2.24, 2.45) is 0 Å². The maximum Gasteiger partial charge on any atom is 0.303 e. The smallest absolute Gasteiger partial charge is 0.303 e. The Hall–Kier alpha value is -3.44. The van der Waals surface area contributed by atoms with Crippen LogP contribution in [-0.4, -0.2) is 64.6 Å². The number of fused-ring (bicyclic) bond motifs is 1. The van der Waals surface area contributed by atoms with Crippen LogP contribution in [0.4, 0.5) is 0 Å². The first-order chi connectivity index (χ1) is 16.1. The molecule has 1 N–H and O–H groups in total. The average Bonchev–Trinajstić information content (AvgIpc) is 3.13. The number of benzene rings is 1. The normalized spacial score (nSPS) is 24.3. The van der Waals surface area contributed by atoms with Crippen LogP contribution in [0.5, 0.6) is 0 Å². The minimum absolute atomic E-state index is 0.265. The molecule has 1 aliphatic rings. The Balaban J connectivity index is 2.16. The van der Waals surface area contributed by atoms with E-state index in [1.807, 2.05) is 6.07 Å². The fourth-order valence-electron chi connectivity index (χ4n) is 4.04. The van der Waals surface area contributed by atoms with Crippen molar-refractivity contribution in [1.82, 2.24) is 4.57 Å². The van der Waals surface area contributed by atoms with Crippen LogP contribution < -0.4 is 0 Å². The van der Waals surface area contributed by atoms with E-state index in [1.54, 1.807) is 29.0 Å². The lowest BCUT2D eigenvalue weighted by Gasteiger charge is -2.44. The highest BCUT2D eigenvalue weighted by Crippen LogP contribution is 2.37. The topological polar surface area (TPSA) is 140 Å². The quantitative estimate of drug-likeness (QED) is 0.459. The molecule has 0 radical (unpaired) electrons. The van der Waals surface area contributed by atoms with E-state index in [-0.39, 0.29) is 13.2 Å². The minimum atomic E-state index is -1.27. The van der Waals surface area contributed by atoms with Gasteiger partial charge in [0, 0.05) is 44.8 Å². The highest BCUT2D eigenvalue weighted by atomic mass is 16.7. The van der Waals surface area contributed by atoms with Crippen molar-refractivity contribution in [3.63, 3.8) is 0 Å². The van der Waals surface area contributed by atoms with Gasteiger partial charge in [0.2, 0.25) is 0 Å². The molecule has 0 aliphatic carbocycles. The number of aliphatic hydroxyl groups excluding tert-OH is 1. The lowest BCUT2D eigenvalue weighted by molar-refractivity contribution is -0.267. The van der Waals surface area contributed by atoms with Gasteiger partial charge in [0.05, 0.1) is 12.1 Å². The van der Waals surface area contributed by atoms with Gasteiger partial charge >= 0.3 is 23.9 Å². The molecular formula is C23H27NO10. The molecule has 0 bridgehead atoms. The molecule has 0 unspecified atom stereocenters. The molecule has 184 valence electrons. The Morgan fingerprint density at radius 3 is 2.06 bits per heavy atom. The van der Waals surface area contributed by atoms with Gasteiger partial charge in [0.25, 0.3) is 0 Å². The van der Waals surface area contributed by atoms with Crippen molar-refractivity contribution in [2.45, 2.75) is 64.9 Å². The maximum absolute atomic E-state index is 12.0. The summed E-state index contributed by atoms with van der Waals surface area (Å²) < 4.78 is 29.3. The first-order valence-corrected chi connectivity index (χ1v) is 10.6. The molecule has 2 heterocycles. The molecule has 1 aromatic carbocycles. The van der Waals surface area contributed by atoms with E-state index in [1.165, 1.54) is 13.8 Å². The van der Waals surface area contributed by atoms with Gasteiger partial charge in [-0.25, -0.2) is 0 Å². The summed E-state index contributed by atoms with van der Waals surface area (Å²) in [5, 5.41) is 10.6. The summed E-state index contributed by atoms with van der Waals surface area (Å²) in [5.74, 6) is -2.69. The van der Waals surface area contributed by atoms with Crippen LogP contribution in [-0.2, 0) is 49.5 Å². The van der Waals surface area contributed by atoms with E-state index in [2.05, 4.69) is 0 Å². The largest absolute Gasteiger partial charge is 0.463 e. The van der Waals surface area contributed by atoms with Crippen molar-refractivity contribution in [3.8, 4) is 0 Å². The number of esters is 4. The van der Waals surface area contributed by atoms with Crippen LogP contribution in [0, 0.1) is 0 Å². The zero-order chi connectivity index (χ0) is 25.0. The van der Waals surface area contributed by atoms with Gasteiger partial charge in [-0.15, -0.1) is 0 Å². The lowest BCUT2D eigenvalue weighted by atomic mass is 9.97. The molecule has 0 spiro atoms. The van der Waals surface area contributed by atoms with Crippen molar-refractivity contribution < 1.29 is 48.0 Å². The molecule has 11 heteroatoms. The molecule has 1 saturated heterocycles. The van der Waals surface area contributed by atoms with Crippen molar-refractivity contribution >= 4 is 34.8 Å². The summed E-state index contributed by atoms with van der Waals surface area (Å²) in [6.07, 6.45) is -4.25. The maximum atomic E-state index is 12.0. The fraction of sp³-hybridized carbons (Fsp3) is 0.478. The van der Waals surface area contributed by atoms with Crippen LogP contribution >= 0.6 is 0 Å². The molecule has 1 fully saturated rings. The number of para-hydroxylation sites is 1. The second kappa shape index (κ2) is 10.7. The van der Waals surface area contributed by atoms with Gasteiger partial charge < -0.3 is 33.4 Å². The van der Waals surface area contributed by atoms with Gasteiger partial charge in [0.1, 0.15) is 12.7 Å². The predicted octanol–water partition coefficient (Wildman–Crippen LogP) is 1.39. The molecule has 5 atom stereocenters. The summed E-state index contributed by atoms with van der Waals surface area (Å²) in [5.41, 5.74) is 1.23. The van der Waals surface area contributed by atoms with E-state index in [9.17, 15) is 24.3 Å². The van der Waals surface area contributed by atoms with Gasteiger partial charge in [-0.2, -0.15) is 0 Å². The first-order valence-electron chi connectivity index (χ1n) is 10.6. The zero-order valence-electron chi connectivity index (χ0n) is 19.3. The van der Waals surface area contributed by atoms with E-state index in [4.69, 9.17) is 23.7 Å². The number of rotatable bonds is 7. The van der Waals surface area contributed by atoms with Crippen molar-refractivity contribution in [3.05, 3.63) is 36.0 Å². The summed E-state index contributed by atoms with van der Waals surface area (Å²) >= 11 is 0. The van der Waals surface area contributed by atoms with E-state index in [0.29, 0.717) is 11.1 Å². The average molecular weight is 477 g/mol. The van der Waals surface area contributed by atoms with Crippen LogP contribution in [0.1, 0.15) is 39.5 Å². The zero-order valence-corrected chi connectivity index (χ0v) is 19.3. The van der Waals surface area contributed by atoms with Gasteiger partial charge in [-0.05, 0) is 6.07 Å². The SMILES string of the molecule is CC(=O)OC[C@@H]1O[C@H](n2cc(CO)c3ccccc32)[C@H](OC(C)=O)[C@@H](OC(C)=O)[C@@H]1OC(C)=O. The molecule has 2 aromatic rings. The van der Waals surface area contributed by atoms with Gasteiger partial charge in [-0.1, -0.05) is 18.2 Å². The Labute approximate surface area is 195 Å². The molecule has 1 aromatic heterocycles. The van der Waals surface area contributed by atoms with Crippen LogP contribution in [0.25, 0.3) is 10.9 Å². The van der Waals surface area contributed by atoms with Crippen LogP contribution in [0.2, 0.25) is 0 Å². The van der Waals surface area contributed by atoms with Crippen molar-refractivity contribution in [2.75, 3.05) is 6.61 Å². The predicted molar refractivity (Wildman–Crippen MR) is 115 cm³/mol. The Kier molecular flexibility index (Phi) is 7.90. The highest BCUT2D eigenvalue weighted by Gasteiger charge is 2.53. The summed E-state index contributed by atoms with van der Waals surface area (Å²) in [6.45, 7) is 4.13. The third kappa shape index (κ3) is 5.54. The third-order valence-electron chi connectivity index (χ3n) is 5.23. The molecule has 11 nitrogen and oxygen atoms in total. The first kappa shape index (κ1) is 25.2. The number of carbonyl (C=O) groups excluding carboxylic acids is 4. The van der Waals surface area contributed by atoms with Crippen molar-refractivity contribution in [1.29, 1.82) is 0 Å². The lowest BCUT2D eigenvalue weighted by Crippen LogP contribution is -2.60. The Morgan fingerprint density at radius 1 is 0.882 bits per heavy atom. The highest BCUT2D eigenvalue weighted by molar-refractivity contribution is 5.84. The van der Waals surface area contributed by atoms with E-state index < -0.39 is 54.5 Å². The van der Waals surface area contributed by atoms with Gasteiger partial charge in [-0.3, -0.25) is 19.2 Å². The fourth-order valence-corrected chi connectivity index (χ4v) is 4.04. The standard InChI is InChI=1S/C23H27NO10/c1-12(26)30-11-19-20(31-13(2)27)21(32-14(3)28)22(33-15(4)29)23(34-19)24-9-16(10-25)17-7-5-6-8-18(17)24/h5-9,19-23,25H,10-11H2,1-4H3/t19-,20+,21-,22+,23-/m0/s1. The van der Waals surface area contributed by atoms with Gasteiger partial charge in [0.15, 0.2) is 24.5 Å². The molecule has 0 saturated carbocycles. The third-order valence-corrected chi connectivity index (χ3v) is 5.23. The summed E-state index contributed by atoms with van der Waals surface area (Å²) in [4.78, 5) is 47.3. The number of aliphatic hydroxyl groups is 1. The Morgan fingerprint density at radius 2 is 1.47 bits per heavy atom. The minimum Gasteiger partial charge on any atom is -0.463 e. The van der Waals surface area contributed by atoms with E-state index >= 15 is 0 Å².